The molecule has 1 aromatic rings. The van der Waals surface area contributed by atoms with Crippen molar-refractivity contribution < 1.29 is 8.42 Å². The summed E-state index contributed by atoms with van der Waals surface area (Å²) in [5.41, 5.74) is 6.08. The molecule has 2 rings (SSSR count). The molecule has 0 spiro atoms. The van der Waals surface area contributed by atoms with Crippen molar-refractivity contribution in [2.24, 2.45) is 17.6 Å². The van der Waals surface area contributed by atoms with Gasteiger partial charge in [0, 0.05) is 30.2 Å². The highest BCUT2D eigenvalue weighted by molar-refractivity contribution is 7.89. The zero-order chi connectivity index (χ0) is 15.8. The van der Waals surface area contributed by atoms with Crippen LogP contribution in [0.4, 0.5) is 0 Å². The Kier molecular flexibility index (Phi) is 5.21. The first-order valence-corrected chi connectivity index (χ1v) is 9.15. The van der Waals surface area contributed by atoms with E-state index in [1.807, 2.05) is 0 Å². The van der Waals surface area contributed by atoms with E-state index in [2.05, 4.69) is 13.8 Å². The molecule has 21 heavy (non-hydrogen) atoms. The number of benzene rings is 1. The minimum Gasteiger partial charge on any atom is -0.326 e. The van der Waals surface area contributed by atoms with Gasteiger partial charge < -0.3 is 5.73 Å². The number of nitrogens with zero attached hydrogens (tertiary/aromatic N) is 1. The quantitative estimate of drug-likeness (QED) is 0.910. The molecule has 1 aliphatic heterocycles. The van der Waals surface area contributed by atoms with Crippen LogP contribution in [-0.2, 0) is 16.6 Å². The summed E-state index contributed by atoms with van der Waals surface area (Å²) in [5, 5.41) is 0.526. The van der Waals surface area contributed by atoms with Crippen LogP contribution in [0.5, 0.6) is 0 Å². The molecule has 1 aliphatic rings. The number of nitrogens with two attached hydrogens (primary N) is 1. The van der Waals surface area contributed by atoms with Crippen molar-refractivity contribution in [3.05, 3.63) is 27.7 Å². The lowest BCUT2D eigenvalue weighted by Gasteiger charge is -2.34. The third-order valence-electron chi connectivity index (χ3n) is 4.27. The summed E-state index contributed by atoms with van der Waals surface area (Å²) in [6, 6.07) is 3.00. The minimum atomic E-state index is -3.61. The van der Waals surface area contributed by atoms with Crippen molar-refractivity contribution in [1.29, 1.82) is 0 Å². The van der Waals surface area contributed by atoms with Crippen LogP contribution < -0.4 is 5.73 Å². The van der Waals surface area contributed by atoms with Crippen LogP contribution in [0.15, 0.2) is 17.0 Å². The van der Waals surface area contributed by atoms with Crippen LogP contribution in [0.3, 0.4) is 0 Å². The first-order chi connectivity index (χ1) is 9.78. The lowest BCUT2D eigenvalue weighted by atomic mass is 9.90. The van der Waals surface area contributed by atoms with Gasteiger partial charge >= 0.3 is 0 Å². The first-order valence-electron chi connectivity index (χ1n) is 6.96. The van der Waals surface area contributed by atoms with E-state index in [-0.39, 0.29) is 16.5 Å². The van der Waals surface area contributed by atoms with Crippen molar-refractivity contribution in [3.8, 4) is 0 Å². The lowest BCUT2D eigenvalue weighted by molar-refractivity contribution is 0.212. The van der Waals surface area contributed by atoms with E-state index in [1.54, 1.807) is 6.07 Å². The van der Waals surface area contributed by atoms with Gasteiger partial charge in [-0.2, -0.15) is 4.31 Å². The molecule has 2 atom stereocenters. The average Bonchev–Trinajstić information content (AvgIpc) is 2.42. The molecule has 7 heteroatoms. The van der Waals surface area contributed by atoms with Gasteiger partial charge in [-0.3, -0.25) is 0 Å². The van der Waals surface area contributed by atoms with Crippen molar-refractivity contribution in [2.75, 3.05) is 13.1 Å². The number of halogens is 2. The highest BCUT2D eigenvalue weighted by Crippen LogP contribution is 2.34. The van der Waals surface area contributed by atoms with Crippen LogP contribution in [0.1, 0.15) is 25.8 Å². The summed E-state index contributed by atoms with van der Waals surface area (Å²) in [6.07, 6.45) is 0.856. The van der Waals surface area contributed by atoms with E-state index in [0.717, 1.165) is 6.42 Å². The van der Waals surface area contributed by atoms with Crippen LogP contribution in [-0.4, -0.2) is 25.8 Å². The van der Waals surface area contributed by atoms with E-state index >= 15 is 0 Å². The fourth-order valence-electron chi connectivity index (χ4n) is 2.54. The minimum absolute atomic E-state index is 0.0933. The molecule has 1 fully saturated rings. The highest BCUT2D eigenvalue weighted by atomic mass is 35.5. The Morgan fingerprint density at radius 2 is 1.95 bits per heavy atom. The molecule has 0 saturated carbocycles. The van der Waals surface area contributed by atoms with E-state index in [0.29, 0.717) is 35.5 Å². The molecule has 0 aliphatic carbocycles. The van der Waals surface area contributed by atoms with Crippen molar-refractivity contribution in [3.63, 3.8) is 0 Å². The molecule has 0 radical (unpaired) electrons. The van der Waals surface area contributed by atoms with Crippen LogP contribution >= 0.6 is 23.2 Å². The Balaban J connectivity index is 2.41. The second-order valence-corrected chi connectivity index (χ2v) is 8.34. The van der Waals surface area contributed by atoms with Gasteiger partial charge in [0.25, 0.3) is 0 Å². The molecule has 118 valence electrons. The maximum absolute atomic E-state index is 12.8. The van der Waals surface area contributed by atoms with Gasteiger partial charge in [-0.1, -0.05) is 37.0 Å². The molecule has 0 amide bonds. The molecule has 0 aromatic heterocycles. The second kappa shape index (κ2) is 6.42. The van der Waals surface area contributed by atoms with E-state index in [4.69, 9.17) is 28.9 Å². The molecule has 2 N–H and O–H groups in total. The number of rotatable bonds is 3. The first kappa shape index (κ1) is 17.0. The highest BCUT2D eigenvalue weighted by Gasteiger charge is 2.33. The summed E-state index contributed by atoms with van der Waals surface area (Å²) < 4.78 is 27.1. The Hall–Kier alpha value is -0.330. The van der Waals surface area contributed by atoms with E-state index < -0.39 is 10.0 Å². The fraction of sp³-hybridized carbons (Fsp3) is 0.571. The van der Waals surface area contributed by atoms with Gasteiger partial charge in [-0.05, 0) is 30.4 Å². The third-order valence-corrected chi connectivity index (χ3v) is 7.07. The summed E-state index contributed by atoms with van der Waals surface area (Å²) >= 11 is 12.2. The van der Waals surface area contributed by atoms with Gasteiger partial charge in [0.2, 0.25) is 10.0 Å². The van der Waals surface area contributed by atoms with Gasteiger partial charge in [0.15, 0.2) is 0 Å². The molecule has 1 saturated heterocycles. The standard InChI is InChI=1S/C14H20Cl2N2O2S/c1-9-5-6-18(8-10(9)2)21(19,20)13-4-3-12(15)11(7-17)14(13)16/h3-4,9-10H,5-8,17H2,1-2H3. The SMILES string of the molecule is CC1CCN(S(=O)(=O)c2ccc(Cl)c(CN)c2Cl)CC1C. The second-order valence-electron chi connectivity index (χ2n) is 5.65. The molecule has 2 unspecified atom stereocenters. The molecule has 1 heterocycles. The molecule has 0 bridgehead atoms. The Morgan fingerprint density at radius 1 is 1.29 bits per heavy atom. The molecular formula is C14H20Cl2N2O2S. The lowest BCUT2D eigenvalue weighted by Crippen LogP contribution is -2.42. The fourth-order valence-corrected chi connectivity index (χ4v) is 5.01. The van der Waals surface area contributed by atoms with Crippen LogP contribution in [0, 0.1) is 11.8 Å². The summed E-state index contributed by atoms with van der Waals surface area (Å²) in [5.74, 6) is 0.852. The maximum atomic E-state index is 12.8. The van der Waals surface area contributed by atoms with Crippen LogP contribution in [0.25, 0.3) is 0 Å². The maximum Gasteiger partial charge on any atom is 0.244 e. The number of hydrogen-bond acceptors (Lipinski definition) is 3. The topological polar surface area (TPSA) is 63.4 Å². The van der Waals surface area contributed by atoms with E-state index in [9.17, 15) is 8.42 Å². The van der Waals surface area contributed by atoms with Gasteiger partial charge in [0.1, 0.15) is 4.90 Å². The van der Waals surface area contributed by atoms with Crippen LogP contribution in [0.2, 0.25) is 10.0 Å². The Morgan fingerprint density at radius 3 is 2.52 bits per heavy atom. The normalized spacial score (nSPS) is 24.2. The zero-order valence-electron chi connectivity index (χ0n) is 12.1. The van der Waals surface area contributed by atoms with E-state index in [1.165, 1.54) is 10.4 Å². The van der Waals surface area contributed by atoms with Crippen molar-refractivity contribution in [2.45, 2.75) is 31.7 Å². The van der Waals surface area contributed by atoms with Crippen molar-refractivity contribution >= 4 is 33.2 Å². The predicted molar refractivity (Wildman–Crippen MR) is 86.1 cm³/mol. The smallest absolute Gasteiger partial charge is 0.244 e. The number of piperidine rings is 1. The predicted octanol–water partition coefficient (Wildman–Crippen LogP) is 3.12. The monoisotopic (exact) mass is 350 g/mol. The Labute approximate surface area is 136 Å². The molecular weight excluding hydrogens is 331 g/mol. The van der Waals surface area contributed by atoms with Crippen molar-refractivity contribution in [1.82, 2.24) is 4.31 Å². The molecule has 1 aromatic carbocycles. The summed E-state index contributed by atoms with van der Waals surface area (Å²) in [7, 11) is -3.61. The van der Waals surface area contributed by atoms with Gasteiger partial charge in [-0.25, -0.2) is 8.42 Å². The number of sulfonamides is 1. The zero-order valence-corrected chi connectivity index (χ0v) is 14.5. The number of hydrogen-bond donors (Lipinski definition) is 1. The van der Waals surface area contributed by atoms with Gasteiger partial charge in [0.05, 0.1) is 5.02 Å². The third kappa shape index (κ3) is 3.22. The average molecular weight is 351 g/mol. The molecule has 4 nitrogen and oxygen atoms in total. The summed E-state index contributed by atoms with van der Waals surface area (Å²) in [6.45, 7) is 5.36. The Bertz CT molecular complexity index is 634. The van der Waals surface area contributed by atoms with Gasteiger partial charge in [-0.15, -0.1) is 0 Å². The largest absolute Gasteiger partial charge is 0.326 e. The summed E-state index contributed by atoms with van der Waals surface area (Å²) in [4.78, 5) is 0.0933.